The Morgan fingerprint density at radius 3 is 2.78 bits per heavy atom. The summed E-state index contributed by atoms with van der Waals surface area (Å²) in [5.74, 6) is 1.06. The zero-order chi connectivity index (χ0) is 13.0. The van der Waals surface area contributed by atoms with Crippen LogP contribution in [0.2, 0.25) is 0 Å². The molecule has 0 aromatic carbocycles. The van der Waals surface area contributed by atoms with Crippen LogP contribution in [0.5, 0.6) is 5.88 Å². The molecule has 2 N–H and O–H groups in total. The van der Waals surface area contributed by atoms with E-state index < -0.39 is 0 Å². The summed E-state index contributed by atoms with van der Waals surface area (Å²) in [5, 5.41) is 0. The van der Waals surface area contributed by atoms with Crippen molar-refractivity contribution in [1.82, 2.24) is 14.5 Å². The molecule has 0 amide bonds. The second kappa shape index (κ2) is 5.68. The second-order valence-electron chi connectivity index (χ2n) is 4.02. The van der Waals surface area contributed by atoms with E-state index in [-0.39, 0.29) is 0 Å². The molecule has 2 aromatic rings. The molecule has 6 nitrogen and oxygen atoms in total. The minimum absolute atomic E-state index is 0.489. The highest BCUT2D eigenvalue weighted by atomic mass is 16.5. The number of unbranched alkanes of at least 4 members (excludes halogenated alkanes) is 1. The molecule has 0 atom stereocenters. The van der Waals surface area contributed by atoms with E-state index in [4.69, 9.17) is 15.2 Å². The first kappa shape index (κ1) is 12.6. The fraction of sp³-hybridized carbons (Fsp3) is 0.500. The molecule has 0 bridgehead atoms. The van der Waals surface area contributed by atoms with Crippen molar-refractivity contribution in [1.29, 1.82) is 0 Å². The summed E-state index contributed by atoms with van der Waals surface area (Å²) in [6.07, 6.45) is 1.96. The van der Waals surface area contributed by atoms with Crippen LogP contribution in [0.3, 0.4) is 0 Å². The van der Waals surface area contributed by atoms with E-state index in [1.807, 2.05) is 10.6 Å². The number of fused-ring (bicyclic) bond motifs is 1. The number of hydrogen-bond acceptors (Lipinski definition) is 5. The maximum Gasteiger partial charge on any atom is 0.215 e. The van der Waals surface area contributed by atoms with Crippen LogP contribution in [0.25, 0.3) is 11.2 Å². The van der Waals surface area contributed by atoms with Gasteiger partial charge in [-0.05, 0) is 18.9 Å². The van der Waals surface area contributed by atoms with Crippen LogP contribution in [-0.2, 0) is 11.3 Å². The maximum absolute atomic E-state index is 5.90. The van der Waals surface area contributed by atoms with Crippen LogP contribution >= 0.6 is 0 Å². The average molecular weight is 250 g/mol. The molecule has 0 saturated carbocycles. The van der Waals surface area contributed by atoms with Gasteiger partial charge in [-0.2, -0.15) is 4.98 Å². The second-order valence-corrected chi connectivity index (χ2v) is 4.02. The number of nitrogen functional groups attached to an aromatic ring is 1. The molecule has 2 aromatic heterocycles. The zero-order valence-electron chi connectivity index (χ0n) is 10.7. The quantitative estimate of drug-likeness (QED) is 0.785. The van der Waals surface area contributed by atoms with Crippen LogP contribution in [0.1, 0.15) is 12.8 Å². The highest BCUT2D eigenvalue weighted by Crippen LogP contribution is 2.19. The smallest absolute Gasteiger partial charge is 0.215 e. The van der Waals surface area contributed by atoms with Gasteiger partial charge in [0.1, 0.15) is 5.52 Å². The lowest BCUT2D eigenvalue weighted by atomic mass is 10.3. The van der Waals surface area contributed by atoms with Gasteiger partial charge in [-0.1, -0.05) is 0 Å². The topological polar surface area (TPSA) is 75.2 Å². The molecule has 18 heavy (non-hydrogen) atoms. The van der Waals surface area contributed by atoms with Crippen LogP contribution in [0.15, 0.2) is 12.1 Å². The van der Waals surface area contributed by atoms with Crippen molar-refractivity contribution in [2.24, 2.45) is 0 Å². The molecular formula is C12H18N4O2. The largest absolute Gasteiger partial charge is 0.481 e. The summed E-state index contributed by atoms with van der Waals surface area (Å²) in [6, 6.07) is 3.65. The molecule has 0 aliphatic rings. The van der Waals surface area contributed by atoms with Crippen LogP contribution < -0.4 is 10.5 Å². The summed E-state index contributed by atoms with van der Waals surface area (Å²) in [6.45, 7) is 1.54. The molecule has 2 heterocycles. The monoisotopic (exact) mass is 250 g/mol. The third-order valence-electron chi connectivity index (χ3n) is 2.79. The fourth-order valence-corrected chi connectivity index (χ4v) is 1.85. The number of nitrogens with zero attached hydrogens (tertiary/aromatic N) is 3. The Kier molecular flexibility index (Phi) is 3.99. The Morgan fingerprint density at radius 1 is 1.22 bits per heavy atom. The number of ether oxygens (including phenoxy) is 2. The first-order valence-electron chi connectivity index (χ1n) is 5.92. The van der Waals surface area contributed by atoms with Gasteiger partial charge in [0, 0.05) is 26.3 Å². The number of anilines is 1. The SMILES string of the molecule is COCCCCn1c(N)nc2ccc(OC)nc21. The van der Waals surface area contributed by atoms with Crippen LogP contribution in [-0.4, -0.2) is 35.4 Å². The Balaban J connectivity index is 2.22. The van der Waals surface area contributed by atoms with Crippen LogP contribution in [0.4, 0.5) is 5.95 Å². The molecule has 0 aliphatic heterocycles. The summed E-state index contributed by atoms with van der Waals surface area (Å²) in [5.41, 5.74) is 7.46. The first-order valence-corrected chi connectivity index (χ1v) is 5.92. The highest BCUT2D eigenvalue weighted by Gasteiger charge is 2.10. The lowest BCUT2D eigenvalue weighted by molar-refractivity contribution is 0.191. The number of imidazole rings is 1. The number of hydrogen-bond donors (Lipinski definition) is 1. The molecule has 0 unspecified atom stereocenters. The molecule has 0 aliphatic carbocycles. The van der Waals surface area contributed by atoms with Gasteiger partial charge in [0.05, 0.1) is 7.11 Å². The van der Waals surface area contributed by atoms with E-state index in [1.165, 1.54) is 0 Å². The van der Waals surface area contributed by atoms with E-state index in [1.54, 1.807) is 20.3 Å². The molecule has 0 spiro atoms. The van der Waals surface area contributed by atoms with Crippen molar-refractivity contribution in [3.05, 3.63) is 12.1 Å². The summed E-state index contributed by atoms with van der Waals surface area (Å²) < 4.78 is 12.1. The Labute approximate surface area is 106 Å². The van der Waals surface area contributed by atoms with Gasteiger partial charge in [-0.3, -0.25) is 4.57 Å². The lowest BCUT2D eigenvalue weighted by Crippen LogP contribution is -2.05. The number of methoxy groups -OCH3 is 2. The Bertz CT molecular complexity index is 524. The minimum atomic E-state index is 0.489. The minimum Gasteiger partial charge on any atom is -0.481 e. The van der Waals surface area contributed by atoms with Crippen molar-refractivity contribution in [3.8, 4) is 5.88 Å². The molecule has 98 valence electrons. The number of aryl methyl sites for hydroxylation is 1. The normalized spacial score (nSPS) is 11.0. The van der Waals surface area contributed by atoms with Crippen molar-refractivity contribution >= 4 is 17.1 Å². The van der Waals surface area contributed by atoms with Crippen molar-refractivity contribution in [3.63, 3.8) is 0 Å². The van der Waals surface area contributed by atoms with Gasteiger partial charge in [-0.15, -0.1) is 0 Å². The van der Waals surface area contributed by atoms with E-state index in [2.05, 4.69) is 9.97 Å². The Hall–Kier alpha value is -1.82. The van der Waals surface area contributed by atoms with Crippen molar-refractivity contribution in [2.45, 2.75) is 19.4 Å². The van der Waals surface area contributed by atoms with E-state index in [0.29, 0.717) is 11.8 Å². The Morgan fingerprint density at radius 2 is 2.06 bits per heavy atom. The number of nitrogens with two attached hydrogens (primary N) is 1. The predicted octanol–water partition coefficient (Wildman–Crippen LogP) is 1.45. The van der Waals surface area contributed by atoms with Crippen molar-refractivity contribution < 1.29 is 9.47 Å². The van der Waals surface area contributed by atoms with Crippen molar-refractivity contribution in [2.75, 3.05) is 26.6 Å². The van der Waals surface area contributed by atoms with Gasteiger partial charge in [-0.25, -0.2) is 4.98 Å². The van der Waals surface area contributed by atoms with Crippen LogP contribution in [0, 0.1) is 0 Å². The number of pyridine rings is 1. The average Bonchev–Trinajstić information content (AvgIpc) is 2.70. The maximum atomic E-state index is 5.90. The predicted molar refractivity (Wildman–Crippen MR) is 69.6 cm³/mol. The third kappa shape index (κ3) is 2.53. The van der Waals surface area contributed by atoms with Gasteiger partial charge in [0.25, 0.3) is 0 Å². The summed E-state index contributed by atoms with van der Waals surface area (Å²) >= 11 is 0. The molecule has 0 saturated heterocycles. The van der Waals surface area contributed by atoms with Gasteiger partial charge in [0.2, 0.25) is 11.8 Å². The van der Waals surface area contributed by atoms with E-state index >= 15 is 0 Å². The lowest BCUT2D eigenvalue weighted by Gasteiger charge is -2.06. The van der Waals surface area contributed by atoms with E-state index in [0.717, 1.165) is 37.2 Å². The van der Waals surface area contributed by atoms with Gasteiger partial charge < -0.3 is 15.2 Å². The number of rotatable bonds is 6. The number of aromatic nitrogens is 3. The summed E-state index contributed by atoms with van der Waals surface area (Å²) in [7, 11) is 3.30. The molecular weight excluding hydrogens is 232 g/mol. The highest BCUT2D eigenvalue weighted by molar-refractivity contribution is 5.74. The molecule has 0 radical (unpaired) electrons. The van der Waals surface area contributed by atoms with Gasteiger partial charge >= 0.3 is 0 Å². The fourth-order valence-electron chi connectivity index (χ4n) is 1.85. The standard InChI is InChI=1S/C12H18N4O2/c1-17-8-4-3-7-16-11-9(14-12(16)13)5-6-10(15-11)18-2/h5-6H,3-4,7-8H2,1-2H3,(H2,13,14). The third-order valence-corrected chi connectivity index (χ3v) is 2.79. The molecule has 6 heteroatoms. The first-order chi connectivity index (χ1) is 8.76. The summed E-state index contributed by atoms with van der Waals surface area (Å²) in [4.78, 5) is 8.66. The van der Waals surface area contributed by atoms with Gasteiger partial charge in [0.15, 0.2) is 5.65 Å². The molecule has 0 fully saturated rings. The zero-order valence-corrected chi connectivity index (χ0v) is 10.7. The molecule has 2 rings (SSSR count). The van der Waals surface area contributed by atoms with E-state index in [9.17, 15) is 0 Å².